The minimum Gasteiger partial charge on any atom is -0.354 e. The molecule has 0 saturated heterocycles. The standard InChI is InChI=1S/C18H19ClN2O2/c19-16-8-4-5-14(13-16)9-10-17(22)20-11-12-21-18(23)15-6-2-1-3-7-15/h1-8,13H,9-12H2,(H,20,22)(H,21,23). The largest absolute Gasteiger partial charge is 0.354 e. The van der Waals surface area contributed by atoms with E-state index >= 15 is 0 Å². The van der Waals surface area contributed by atoms with Crippen LogP contribution in [0.25, 0.3) is 0 Å². The van der Waals surface area contributed by atoms with Gasteiger partial charge in [-0.25, -0.2) is 0 Å². The molecule has 2 rings (SSSR count). The summed E-state index contributed by atoms with van der Waals surface area (Å²) in [4.78, 5) is 23.6. The topological polar surface area (TPSA) is 58.2 Å². The van der Waals surface area contributed by atoms with E-state index in [0.29, 0.717) is 36.5 Å². The summed E-state index contributed by atoms with van der Waals surface area (Å²) in [5.74, 6) is -0.183. The van der Waals surface area contributed by atoms with Crippen LogP contribution in [-0.2, 0) is 11.2 Å². The second kappa shape index (κ2) is 8.96. The normalized spacial score (nSPS) is 10.1. The van der Waals surface area contributed by atoms with Crippen molar-refractivity contribution in [1.29, 1.82) is 0 Å². The number of nitrogens with one attached hydrogen (secondary N) is 2. The van der Waals surface area contributed by atoms with Crippen LogP contribution in [0, 0.1) is 0 Å². The highest BCUT2D eigenvalue weighted by molar-refractivity contribution is 6.30. The lowest BCUT2D eigenvalue weighted by molar-refractivity contribution is -0.121. The Hall–Kier alpha value is -2.33. The summed E-state index contributed by atoms with van der Waals surface area (Å²) in [5, 5.41) is 6.22. The molecule has 0 saturated carbocycles. The van der Waals surface area contributed by atoms with E-state index in [1.54, 1.807) is 18.2 Å². The molecule has 2 aromatic carbocycles. The molecule has 0 bridgehead atoms. The van der Waals surface area contributed by atoms with Gasteiger partial charge >= 0.3 is 0 Å². The average molecular weight is 331 g/mol. The van der Waals surface area contributed by atoms with Crippen LogP contribution in [0.1, 0.15) is 22.3 Å². The third-order valence-corrected chi connectivity index (χ3v) is 3.53. The van der Waals surface area contributed by atoms with Gasteiger partial charge in [0.2, 0.25) is 5.91 Å². The van der Waals surface area contributed by atoms with Gasteiger partial charge in [0.15, 0.2) is 0 Å². The predicted molar refractivity (Wildman–Crippen MR) is 91.6 cm³/mol. The zero-order valence-electron chi connectivity index (χ0n) is 12.7. The number of halogens is 1. The minimum absolute atomic E-state index is 0.0427. The number of carbonyl (C=O) groups excluding carboxylic acids is 2. The number of aryl methyl sites for hydroxylation is 1. The molecule has 0 spiro atoms. The van der Waals surface area contributed by atoms with Gasteiger partial charge in [-0.2, -0.15) is 0 Å². The molecule has 23 heavy (non-hydrogen) atoms. The molecule has 0 unspecified atom stereocenters. The first-order valence-corrected chi connectivity index (χ1v) is 7.87. The summed E-state index contributed by atoms with van der Waals surface area (Å²) in [6.07, 6.45) is 1.04. The molecular formula is C18H19ClN2O2. The van der Waals surface area contributed by atoms with Crippen LogP contribution in [0.4, 0.5) is 0 Å². The third-order valence-electron chi connectivity index (χ3n) is 3.30. The van der Waals surface area contributed by atoms with Gasteiger partial charge in [-0.05, 0) is 36.2 Å². The number of hydrogen-bond acceptors (Lipinski definition) is 2. The van der Waals surface area contributed by atoms with E-state index in [1.807, 2.05) is 36.4 Å². The van der Waals surface area contributed by atoms with Gasteiger partial charge in [0.05, 0.1) is 0 Å². The fraction of sp³-hybridized carbons (Fsp3) is 0.222. The van der Waals surface area contributed by atoms with Crippen molar-refractivity contribution in [3.63, 3.8) is 0 Å². The van der Waals surface area contributed by atoms with Crippen LogP contribution in [0.2, 0.25) is 5.02 Å². The lowest BCUT2D eigenvalue weighted by atomic mass is 10.1. The lowest BCUT2D eigenvalue weighted by Crippen LogP contribution is -2.34. The summed E-state index contributed by atoms with van der Waals surface area (Å²) in [6, 6.07) is 16.5. The van der Waals surface area contributed by atoms with Crippen LogP contribution in [0.15, 0.2) is 54.6 Å². The molecule has 0 aliphatic heterocycles. The van der Waals surface area contributed by atoms with Gasteiger partial charge in [0, 0.05) is 30.1 Å². The van der Waals surface area contributed by atoms with Crippen molar-refractivity contribution in [2.45, 2.75) is 12.8 Å². The summed E-state index contributed by atoms with van der Waals surface area (Å²) >= 11 is 5.90. The third kappa shape index (κ3) is 6.12. The first-order chi connectivity index (χ1) is 11.1. The highest BCUT2D eigenvalue weighted by Crippen LogP contribution is 2.11. The van der Waals surface area contributed by atoms with E-state index in [2.05, 4.69) is 10.6 Å². The quantitative estimate of drug-likeness (QED) is 0.767. The summed E-state index contributed by atoms with van der Waals surface area (Å²) < 4.78 is 0. The average Bonchev–Trinajstić information content (AvgIpc) is 2.57. The Labute approximate surface area is 140 Å². The molecule has 0 fully saturated rings. The maximum atomic E-state index is 11.8. The van der Waals surface area contributed by atoms with Crippen molar-refractivity contribution in [3.8, 4) is 0 Å². The molecule has 2 amide bonds. The second-order valence-corrected chi connectivity index (χ2v) is 5.54. The van der Waals surface area contributed by atoms with Crippen LogP contribution >= 0.6 is 11.6 Å². The van der Waals surface area contributed by atoms with Crippen LogP contribution in [0.5, 0.6) is 0 Å². The van der Waals surface area contributed by atoms with Gasteiger partial charge < -0.3 is 10.6 Å². The van der Waals surface area contributed by atoms with Crippen LogP contribution in [0.3, 0.4) is 0 Å². The van der Waals surface area contributed by atoms with E-state index in [9.17, 15) is 9.59 Å². The zero-order valence-corrected chi connectivity index (χ0v) is 13.5. The molecule has 0 aliphatic carbocycles. The Morgan fingerprint density at radius 3 is 2.39 bits per heavy atom. The molecule has 2 aromatic rings. The Morgan fingerprint density at radius 2 is 1.65 bits per heavy atom. The maximum Gasteiger partial charge on any atom is 0.251 e. The van der Waals surface area contributed by atoms with E-state index in [0.717, 1.165) is 5.56 Å². The molecule has 0 heterocycles. The Morgan fingerprint density at radius 1 is 0.913 bits per heavy atom. The smallest absolute Gasteiger partial charge is 0.251 e. The number of rotatable bonds is 7. The van der Waals surface area contributed by atoms with Gasteiger partial charge in [-0.3, -0.25) is 9.59 Å². The monoisotopic (exact) mass is 330 g/mol. The maximum absolute atomic E-state index is 11.8. The number of amides is 2. The Bertz CT molecular complexity index is 659. The molecular weight excluding hydrogens is 312 g/mol. The van der Waals surface area contributed by atoms with E-state index in [-0.39, 0.29) is 11.8 Å². The van der Waals surface area contributed by atoms with Crippen molar-refractivity contribution in [3.05, 3.63) is 70.7 Å². The van der Waals surface area contributed by atoms with Crippen molar-refractivity contribution >= 4 is 23.4 Å². The Kier molecular flexibility index (Phi) is 6.63. The van der Waals surface area contributed by atoms with Crippen molar-refractivity contribution in [2.24, 2.45) is 0 Å². The van der Waals surface area contributed by atoms with Gasteiger partial charge in [-0.1, -0.05) is 41.9 Å². The summed E-state index contributed by atoms with van der Waals surface area (Å²) in [6.45, 7) is 0.809. The van der Waals surface area contributed by atoms with Crippen LogP contribution in [-0.4, -0.2) is 24.9 Å². The molecule has 0 aromatic heterocycles. The first kappa shape index (κ1) is 17.0. The molecule has 4 nitrogen and oxygen atoms in total. The van der Waals surface area contributed by atoms with Crippen molar-refractivity contribution < 1.29 is 9.59 Å². The molecule has 2 N–H and O–H groups in total. The molecule has 0 atom stereocenters. The summed E-state index contributed by atoms with van der Waals surface area (Å²) in [5.41, 5.74) is 1.64. The fourth-order valence-corrected chi connectivity index (χ4v) is 2.32. The van der Waals surface area contributed by atoms with E-state index < -0.39 is 0 Å². The number of benzene rings is 2. The molecule has 5 heteroatoms. The minimum atomic E-state index is -0.140. The predicted octanol–water partition coefficient (Wildman–Crippen LogP) is 2.82. The van der Waals surface area contributed by atoms with Gasteiger partial charge in [-0.15, -0.1) is 0 Å². The van der Waals surface area contributed by atoms with Gasteiger partial charge in [0.25, 0.3) is 5.91 Å². The van der Waals surface area contributed by atoms with Gasteiger partial charge in [0.1, 0.15) is 0 Å². The van der Waals surface area contributed by atoms with E-state index in [1.165, 1.54) is 0 Å². The Balaban J connectivity index is 1.62. The zero-order chi connectivity index (χ0) is 16.5. The molecule has 120 valence electrons. The van der Waals surface area contributed by atoms with Crippen molar-refractivity contribution in [2.75, 3.05) is 13.1 Å². The highest BCUT2D eigenvalue weighted by Gasteiger charge is 2.05. The SMILES string of the molecule is O=C(CCc1cccc(Cl)c1)NCCNC(=O)c1ccccc1. The second-order valence-electron chi connectivity index (χ2n) is 5.10. The number of hydrogen-bond donors (Lipinski definition) is 2. The highest BCUT2D eigenvalue weighted by atomic mass is 35.5. The molecule has 0 radical (unpaired) electrons. The fourth-order valence-electron chi connectivity index (χ4n) is 2.11. The molecule has 0 aliphatic rings. The first-order valence-electron chi connectivity index (χ1n) is 7.49. The summed E-state index contributed by atoms with van der Waals surface area (Å²) in [7, 11) is 0. The van der Waals surface area contributed by atoms with Crippen LogP contribution < -0.4 is 10.6 Å². The lowest BCUT2D eigenvalue weighted by Gasteiger charge is -2.07. The number of carbonyl (C=O) groups is 2. The van der Waals surface area contributed by atoms with Crippen molar-refractivity contribution in [1.82, 2.24) is 10.6 Å². The van der Waals surface area contributed by atoms with E-state index in [4.69, 9.17) is 11.6 Å².